The van der Waals surface area contributed by atoms with Gasteiger partial charge in [-0.25, -0.2) is 0 Å². The van der Waals surface area contributed by atoms with Gasteiger partial charge in [-0.15, -0.1) is 0 Å². The number of aliphatic hydroxyl groups is 1. The van der Waals surface area contributed by atoms with Gasteiger partial charge < -0.3 is 9.52 Å². The summed E-state index contributed by atoms with van der Waals surface area (Å²) < 4.78 is 44.3. The molecule has 0 bridgehead atoms. The Morgan fingerprint density at radius 1 is 1.04 bits per heavy atom. The minimum absolute atomic E-state index is 0.178. The number of alkyl halides is 3. The first-order valence-electron chi connectivity index (χ1n) is 7.78. The van der Waals surface area contributed by atoms with E-state index in [4.69, 9.17) is 4.42 Å². The zero-order valence-electron chi connectivity index (χ0n) is 12.9. The van der Waals surface area contributed by atoms with Crippen molar-refractivity contribution in [2.45, 2.75) is 50.3 Å². The first kappa shape index (κ1) is 16.1. The van der Waals surface area contributed by atoms with Gasteiger partial charge in [-0.3, -0.25) is 0 Å². The third-order valence-electron chi connectivity index (χ3n) is 4.75. The lowest BCUT2D eigenvalue weighted by molar-refractivity contribution is -0.258. The highest BCUT2D eigenvalue weighted by atomic mass is 19.4. The van der Waals surface area contributed by atoms with E-state index < -0.39 is 11.8 Å². The summed E-state index contributed by atoms with van der Waals surface area (Å²) in [6, 6.07) is 7.72. The Morgan fingerprint density at radius 2 is 1.65 bits per heavy atom. The van der Waals surface area contributed by atoms with Crippen molar-refractivity contribution in [1.29, 1.82) is 0 Å². The molecule has 1 unspecified atom stereocenters. The maximum atomic E-state index is 12.9. The van der Waals surface area contributed by atoms with E-state index in [1.807, 2.05) is 6.07 Å². The summed E-state index contributed by atoms with van der Waals surface area (Å²) in [5.41, 5.74) is -1.18. The highest BCUT2D eigenvalue weighted by molar-refractivity contribution is 5.63. The molecule has 0 saturated heterocycles. The van der Waals surface area contributed by atoms with Crippen molar-refractivity contribution in [3.63, 3.8) is 0 Å². The SMILES string of the molecule is CC(O)(c1ccc(-c2occc2C2CCCC2)cc1)C(F)(F)F. The van der Waals surface area contributed by atoms with Crippen LogP contribution < -0.4 is 0 Å². The second-order valence-corrected chi connectivity index (χ2v) is 6.33. The molecule has 1 saturated carbocycles. The molecule has 1 N–H and O–H groups in total. The summed E-state index contributed by atoms with van der Waals surface area (Å²) in [6.45, 7) is 0.763. The Bertz CT molecular complexity index is 662. The molecule has 124 valence electrons. The van der Waals surface area contributed by atoms with E-state index in [1.54, 1.807) is 18.4 Å². The minimum atomic E-state index is -4.71. The summed E-state index contributed by atoms with van der Waals surface area (Å²) in [5, 5.41) is 9.72. The van der Waals surface area contributed by atoms with Crippen LogP contribution in [0, 0.1) is 0 Å². The molecule has 0 amide bonds. The minimum Gasteiger partial charge on any atom is -0.464 e. The predicted molar refractivity (Wildman–Crippen MR) is 81.0 cm³/mol. The molecule has 1 aliphatic carbocycles. The van der Waals surface area contributed by atoms with Crippen LogP contribution in [0.2, 0.25) is 0 Å². The third kappa shape index (κ3) is 2.90. The lowest BCUT2D eigenvalue weighted by atomic mass is 9.92. The lowest BCUT2D eigenvalue weighted by Crippen LogP contribution is -2.39. The predicted octanol–water partition coefficient (Wildman–Crippen LogP) is 5.37. The number of hydrogen-bond acceptors (Lipinski definition) is 2. The van der Waals surface area contributed by atoms with Gasteiger partial charge in [0.1, 0.15) is 5.76 Å². The first-order chi connectivity index (χ1) is 10.8. The third-order valence-corrected chi connectivity index (χ3v) is 4.75. The van der Waals surface area contributed by atoms with E-state index in [9.17, 15) is 18.3 Å². The van der Waals surface area contributed by atoms with E-state index in [0.717, 1.165) is 36.7 Å². The van der Waals surface area contributed by atoms with Gasteiger partial charge in [-0.1, -0.05) is 37.1 Å². The molecule has 0 aliphatic heterocycles. The van der Waals surface area contributed by atoms with Crippen molar-refractivity contribution in [2.75, 3.05) is 0 Å². The van der Waals surface area contributed by atoms with Crippen LogP contribution in [0.4, 0.5) is 13.2 Å². The molecule has 5 heteroatoms. The van der Waals surface area contributed by atoms with Gasteiger partial charge in [0.25, 0.3) is 0 Å². The smallest absolute Gasteiger partial charge is 0.421 e. The Kier molecular flexibility index (Phi) is 4.00. The Morgan fingerprint density at radius 3 is 2.22 bits per heavy atom. The fourth-order valence-electron chi connectivity index (χ4n) is 3.22. The highest BCUT2D eigenvalue weighted by Gasteiger charge is 2.51. The molecule has 1 aliphatic rings. The maximum Gasteiger partial charge on any atom is 0.421 e. The Hall–Kier alpha value is -1.75. The number of furan rings is 1. The molecule has 1 aromatic carbocycles. The molecule has 23 heavy (non-hydrogen) atoms. The summed E-state index contributed by atoms with van der Waals surface area (Å²) in [7, 11) is 0. The fraction of sp³-hybridized carbons (Fsp3) is 0.444. The maximum absolute atomic E-state index is 12.9. The second-order valence-electron chi connectivity index (χ2n) is 6.33. The van der Waals surface area contributed by atoms with Crippen LogP contribution in [-0.4, -0.2) is 11.3 Å². The molecular weight excluding hydrogens is 305 g/mol. The molecule has 2 aromatic rings. The van der Waals surface area contributed by atoms with Crippen LogP contribution in [-0.2, 0) is 5.60 Å². The second kappa shape index (κ2) is 5.71. The summed E-state index contributed by atoms with van der Waals surface area (Å²) in [6.07, 6.45) is 1.54. The molecule has 0 spiro atoms. The van der Waals surface area contributed by atoms with Crippen LogP contribution in [0.25, 0.3) is 11.3 Å². The zero-order valence-corrected chi connectivity index (χ0v) is 12.9. The van der Waals surface area contributed by atoms with Crippen molar-refractivity contribution in [1.82, 2.24) is 0 Å². The molecule has 0 radical (unpaired) electrons. The molecule has 1 aromatic heterocycles. The van der Waals surface area contributed by atoms with Crippen LogP contribution in [0.5, 0.6) is 0 Å². The average molecular weight is 324 g/mol. The molecule has 1 atom stereocenters. The Labute approximate surface area is 132 Å². The molecule has 3 rings (SSSR count). The average Bonchev–Trinajstić information content (AvgIpc) is 3.17. The topological polar surface area (TPSA) is 33.4 Å². The molecular formula is C18H19F3O2. The van der Waals surface area contributed by atoms with Crippen LogP contribution in [0.3, 0.4) is 0 Å². The number of hydrogen-bond donors (Lipinski definition) is 1. The van der Waals surface area contributed by atoms with E-state index in [0.29, 0.717) is 5.92 Å². The number of benzene rings is 1. The van der Waals surface area contributed by atoms with E-state index in [2.05, 4.69) is 0 Å². The summed E-state index contributed by atoms with van der Waals surface area (Å²) in [5.74, 6) is 1.18. The molecule has 2 nitrogen and oxygen atoms in total. The van der Waals surface area contributed by atoms with E-state index in [1.165, 1.54) is 25.0 Å². The van der Waals surface area contributed by atoms with Crippen molar-refractivity contribution in [3.05, 3.63) is 47.7 Å². The van der Waals surface area contributed by atoms with Gasteiger partial charge in [0.2, 0.25) is 0 Å². The zero-order chi connectivity index (χ0) is 16.7. The van der Waals surface area contributed by atoms with Gasteiger partial charge in [-0.05, 0) is 37.3 Å². The van der Waals surface area contributed by atoms with Crippen LogP contribution >= 0.6 is 0 Å². The quantitative estimate of drug-likeness (QED) is 0.823. The molecule has 1 heterocycles. The normalized spacial score (nSPS) is 19.0. The van der Waals surface area contributed by atoms with Crippen molar-refractivity contribution in [3.8, 4) is 11.3 Å². The largest absolute Gasteiger partial charge is 0.464 e. The highest BCUT2D eigenvalue weighted by Crippen LogP contribution is 2.41. The van der Waals surface area contributed by atoms with Crippen molar-refractivity contribution >= 4 is 0 Å². The first-order valence-corrected chi connectivity index (χ1v) is 7.78. The van der Waals surface area contributed by atoms with Crippen LogP contribution in [0.1, 0.15) is 49.7 Å². The van der Waals surface area contributed by atoms with Crippen molar-refractivity contribution in [2.24, 2.45) is 0 Å². The fourth-order valence-corrected chi connectivity index (χ4v) is 3.22. The van der Waals surface area contributed by atoms with Gasteiger partial charge in [0.05, 0.1) is 6.26 Å². The molecule has 1 fully saturated rings. The van der Waals surface area contributed by atoms with Gasteiger partial charge in [0, 0.05) is 11.1 Å². The lowest BCUT2D eigenvalue weighted by Gasteiger charge is -2.26. The monoisotopic (exact) mass is 324 g/mol. The number of halogens is 3. The number of rotatable bonds is 3. The van der Waals surface area contributed by atoms with Gasteiger partial charge >= 0.3 is 6.18 Å². The summed E-state index contributed by atoms with van der Waals surface area (Å²) >= 11 is 0. The standard InChI is InChI=1S/C18H19F3O2/c1-17(22,18(19,20)21)14-8-6-13(7-9-14)16-15(10-11-23-16)12-4-2-3-5-12/h6-12,22H,2-5H2,1H3. The van der Waals surface area contributed by atoms with Gasteiger partial charge in [-0.2, -0.15) is 13.2 Å². The summed E-state index contributed by atoms with van der Waals surface area (Å²) in [4.78, 5) is 0. The van der Waals surface area contributed by atoms with E-state index in [-0.39, 0.29) is 5.56 Å². The van der Waals surface area contributed by atoms with Crippen LogP contribution in [0.15, 0.2) is 41.0 Å². The Balaban J connectivity index is 1.90. The van der Waals surface area contributed by atoms with E-state index >= 15 is 0 Å². The van der Waals surface area contributed by atoms with Crippen molar-refractivity contribution < 1.29 is 22.7 Å². The van der Waals surface area contributed by atoms with Gasteiger partial charge in [0.15, 0.2) is 5.60 Å².